The van der Waals surface area contributed by atoms with Crippen molar-refractivity contribution in [2.45, 2.75) is 142 Å². The number of ether oxygens (including phenoxy) is 3. The van der Waals surface area contributed by atoms with E-state index in [1.54, 1.807) is 0 Å². The lowest BCUT2D eigenvalue weighted by molar-refractivity contribution is -0.340. The molecule has 1 aromatic carbocycles. The van der Waals surface area contributed by atoms with Gasteiger partial charge in [0, 0.05) is 12.0 Å². The molecule has 7 rings (SSSR count). The average molecular weight is 757 g/mol. The Balaban J connectivity index is 1.30. The zero-order valence-electron chi connectivity index (χ0n) is 32.7. The van der Waals surface area contributed by atoms with Gasteiger partial charge >= 0.3 is 5.97 Å². The number of carboxylic acids is 1. The summed E-state index contributed by atoms with van der Waals surface area (Å²) in [5, 5.41) is 75.8. The van der Waals surface area contributed by atoms with Crippen LogP contribution in [-0.2, 0) is 25.6 Å². The molecule has 5 aliphatic carbocycles. The van der Waals surface area contributed by atoms with Gasteiger partial charge < -0.3 is 50.0 Å². The monoisotopic (exact) mass is 756 g/mol. The van der Waals surface area contributed by atoms with E-state index in [-0.39, 0.29) is 53.8 Å². The maximum atomic E-state index is 13.2. The van der Waals surface area contributed by atoms with E-state index in [1.165, 1.54) is 5.57 Å². The largest absolute Gasteiger partial charge is 0.481 e. The Morgan fingerprint density at radius 1 is 0.926 bits per heavy atom. The Morgan fingerprint density at radius 3 is 2.30 bits per heavy atom. The molecular formula is C43H64O11. The number of aliphatic hydroxyl groups excluding tert-OH is 6. The van der Waals surface area contributed by atoms with Crippen LogP contribution in [0.5, 0.6) is 0 Å². The third kappa shape index (κ3) is 5.89. The molecule has 0 spiro atoms. The molecule has 6 aliphatic rings. The van der Waals surface area contributed by atoms with Gasteiger partial charge in [0.2, 0.25) is 0 Å². The first kappa shape index (κ1) is 40.3. The molecule has 4 saturated carbocycles. The van der Waals surface area contributed by atoms with Crippen molar-refractivity contribution in [3.05, 3.63) is 47.5 Å². The van der Waals surface area contributed by atoms with Gasteiger partial charge in [-0.25, -0.2) is 0 Å². The summed E-state index contributed by atoms with van der Waals surface area (Å²) in [4.78, 5) is 13.2. The summed E-state index contributed by atoms with van der Waals surface area (Å²) < 4.78 is 19.3. The number of carbonyl (C=O) groups is 1. The molecule has 0 bridgehead atoms. The molecule has 0 aromatic heterocycles. The van der Waals surface area contributed by atoms with Gasteiger partial charge in [0.15, 0.2) is 6.29 Å². The van der Waals surface area contributed by atoms with Crippen LogP contribution in [0.25, 0.3) is 0 Å². The van der Waals surface area contributed by atoms with Crippen LogP contribution in [-0.4, -0.2) is 104 Å². The molecule has 0 amide bonds. The summed E-state index contributed by atoms with van der Waals surface area (Å²) in [5.41, 5.74) is -1.02. The van der Waals surface area contributed by atoms with Gasteiger partial charge in [0.1, 0.15) is 18.3 Å². The van der Waals surface area contributed by atoms with E-state index in [0.717, 1.165) is 24.8 Å². The van der Waals surface area contributed by atoms with Gasteiger partial charge in [0.05, 0.1) is 43.5 Å². The minimum Gasteiger partial charge on any atom is -0.481 e. The van der Waals surface area contributed by atoms with E-state index in [0.29, 0.717) is 38.5 Å². The molecule has 1 saturated heterocycles. The van der Waals surface area contributed by atoms with Crippen LogP contribution >= 0.6 is 0 Å². The lowest BCUT2D eigenvalue weighted by Crippen LogP contribution is -2.71. The number of benzene rings is 1. The first-order valence-corrected chi connectivity index (χ1v) is 20.2. The quantitative estimate of drug-likeness (QED) is 0.142. The van der Waals surface area contributed by atoms with Crippen molar-refractivity contribution in [3.8, 4) is 0 Å². The second-order valence-corrected chi connectivity index (χ2v) is 19.4. The van der Waals surface area contributed by atoms with Crippen LogP contribution < -0.4 is 0 Å². The Bertz CT molecular complexity index is 1570. The summed E-state index contributed by atoms with van der Waals surface area (Å²) in [6.07, 6.45) is 0.130. The van der Waals surface area contributed by atoms with Gasteiger partial charge in [-0.15, -0.1) is 0 Å². The van der Waals surface area contributed by atoms with Crippen molar-refractivity contribution >= 4 is 5.97 Å². The summed E-state index contributed by atoms with van der Waals surface area (Å²) in [6, 6.07) is 9.80. The molecule has 16 atom stereocenters. The molecule has 16 unspecified atom stereocenters. The summed E-state index contributed by atoms with van der Waals surface area (Å²) >= 11 is 0. The first-order chi connectivity index (χ1) is 25.4. The highest BCUT2D eigenvalue weighted by molar-refractivity contribution is 5.76. The Hall–Kier alpha value is -1.93. The van der Waals surface area contributed by atoms with E-state index < -0.39 is 71.7 Å². The van der Waals surface area contributed by atoms with E-state index in [9.17, 15) is 40.5 Å². The van der Waals surface area contributed by atoms with Gasteiger partial charge in [-0.05, 0) is 103 Å². The van der Waals surface area contributed by atoms with Crippen LogP contribution in [0.4, 0.5) is 0 Å². The summed E-state index contributed by atoms with van der Waals surface area (Å²) in [7, 11) is 0. The van der Waals surface area contributed by atoms with E-state index in [4.69, 9.17) is 14.2 Å². The molecule has 1 aromatic rings. The number of fused-ring (bicyclic) bond motifs is 7. The average Bonchev–Trinajstić information content (AvgIpc) is 3.15. The van der Waals surface area contributed by atoms with Crippen LogP contribution in [0, 0.1) is 50.2 Å². The zero-order chi connectivity index (χ0) is 39.1. The van der Waals surface area contributed by atoms with Gasteiger partial charge in [-0.1, -0.05) is 76.6 Å². The Morgan fingerprint density at radius 2 is 1.63 bits per heavy atom. The smallest absolute Gasteiger partial charge is 0.310 e. The number of aliphatic carboxylic acids is 1. The SMILES string of the molecule is CC1(CO)CCC2(C(=O)O)CCC3(C)C(=CCC4C5(C)CC(OCc6ccccc6)C(OC6OCC(O)C(O)C6O)C(C)(C(O)CO)C5CCC43C)C2C1. The predicted octanol–water partition coefficient (Wildman–Crippen LogP) is 4.20. The fourth-order valence-electron chi connectivity index (χ4n) is 13.3. The molecule has 302 valence electrons. The lowest BCUT2D eigenvalue weighted by atomic mass is 9.33. The van der Waals surface area contributed by atoms with E-state index >= 15 is 0 Å². The highest BCUT2D eigenvalue weighted by atomic mass is 16.7. The minimum absolute atomic E-state index is 0.0324. The maximum Gasteiger partial charge on any atom is 0.310 e. The minimum atomic E-state index is -1.54. The van der Waals surface area contributed by atoms with Crippen LogP contribution in [0.15, 0.2) is 42.0 Å². The van der Waals surface area contributed by atoms with Crippen LogP contribution in [0.3, 0.4) is 0 Å². The zero-order valence-corrected chi connectivity index (χ0v) is 32.7. The number of carboxylic acid groups (broad SMARTS) is 1. The second kappa shape index (κ2) is 14.2. The van der Waals surface area contributed by atoms with E-state index in [1.807, 2.05) is 37.3 Å². The van der Waals surface area contributed by atoms with Gasteiger partial charge in [-0.2, -0.15) is 0 Å². The predicted molar refractivity (Wildman–Crippen MR) is 199 cm³/mol. The highest BCUT2D eigenvalue weighted by Crippen LogP contribution is 2.76. The van der Waals surface area contributed by atoms with Crippen molar-refractivity contribution in [2.75, 3.05) is 19.8 Å². The number of rotatable bonds is 9. The standard InChI is InChI=1S/C43H64O11/c1-38(24-45)15-17-43(37(50)51)18-16-40(3)26(27(43)19-38)11-12-30-39(2)20-29(52-22-25-9-7-6-8-10-25)35(54-36-34(49)33(48)28(46)23-53-36)42(5,32(47)21-44)31(39)13-14-41(30,40)4/h6-11,27-36,44-49H,12-24H2,1-5H3,(H,50,51). The topological polar surface area (TPSA) is 186 Å². The number of hydrogen-bond acceptors (Lipinski definition) is 10. The number of hydrogen-bond donors (Lipinski definition) is 7. The maximum absolute atomic E-state index is 13.2. The van der Waals surface area contributed by atoms with Crippen molar-refractivity contribution in [1.29, 1.82) is 0 Å². The lowest BCUT2D eigenvalue weighted by Gasteiger charge is -2.72. The highest BCUT2D eigenvalue weighted by Gasteiger charge is 2.72. The van der Waals surface area contributed by atoms with Crippen molar-refractivity contribution in [1.82, 2.24) is 0 Å². The molecule has 1 heterocycles. The third-order valence-electron chi connectivity index (χ3n) is 16.9. The summed E-state index contributed by atoms with van der Waals surface area (Å²) in [5.74, 6) is -0.926. The van der Waals surface area contributed by atoms with Crippen molar-refractivity contribution in [3.63, 3.8) is 0 Å². The van der Waals surface area contributed by atoms with Crippen molar-refractivity contribution < 1.29 is 54.8 Å². The molecule has 0 radical (unpaired) electrons. The fraction of sp³-hybridized carbons (Fsp3) is 0.791. The number of allylic oxidation sites excluding steroid dienone is 2. The molecule has 11 heteroatoms. The van der Waals surface area contributed by atoms with Crippen molar-refractivity contribution in [2.24, 2.45) is 50.2 Å². The third-order valence-corrected chi connectivity index (χ3v) is 16.9. The Labute approximate surface area is 319 Å². The van der Waals surface area contributed by atoms with E-state index in [2.05, 4.69) is 33.8 Å². The second-order valence-electron chi connectivity index (χ2n) is 19.4. The van der Waals surface area contributed by atoms with Gasteiger partial charge in [0.25, 0.3) is 0 Å². The first-order valence-electron chi connectivity index (χ1n) is 20.2. The molecule has 7 N–H and O–H groups in total. The molecule has 11 nitrogen and oxygen atoms in total. The van der Waals surface area contributed by atoms with Crippen LogP contribution in [0.1, 0.15) is 98.0 Å². The molecule has 5 fully saturated rings. The number of aliphatic hydroxyl groups is 6. The summed E-state index contributed by atoms with van der Waals surface area (Å²) in [6.45, 7) is 10.6. The van der Waals surface area contributed by atoms with Gasteiger partial charge in [-0.3, -0.25) is 4.79 Å². The molecule has 1 aliphatic heterocycles. The Kier molecular flexibility index (Phi) is 10.6. The normalized spacial score (nSPS) is 49.4. The molecule has 54 heavy (non-hydrogen) atoms. The van der Waals surface area contributed by atoms with Crippen LogP contribution in [0.2, 0.25) is 0 Å². The molecular weight excluding hydrogens is 692 g/mol. The fourth-order valence-corrected chi connectivity index (χ4v) is 13.3.